The summed E-state index contributed by atoms with van der Waals surface area (Å²) in [6, 6.07) is 15.9. The van der Waals surface area contributed by atoms with Gasteiger partial charge in [-0.3, -0.25) is 9.59 Å². The fourth-order valence-corrected chi connectivity index (χ4v) is 4.49. The van der Waals surface area contributed by atoms with Gasteiger partial charge in [0.05, 0.1) is 17.9 Å². The predicted molar refractivity (Wildman–Crippen MR) is 132 cm³/mol. The summed E-state index contributed by atoms with van der Waals surface area (Å²) in [5.74, 6) is -1.49. The summed E-state index contributed by atoms with van der Waals surface area (Å²) in [4.78, 5) is 34.4. The maximum Gasteiger partial charge on any atom is 0.290 e. The average molecular weight is 471 g/mol. The first-order valence-corrected chi connectivity index (χ1v) is 11.4. The number of carbonyl (C=O) groups excluding carboxylic acids is 2. The van der Waals surface area contributed by atoms with E-state index in [9.17, 15) is 14.7 Å². The summed E-state index contributed by atoms with van der Waals surface area (Å²) >= 11 is 0. The highest BCUT2D eigenvalue weighted by molar-refractivity contribution is 6.16. The number of Topliss-reactive ketones (excluding diaryl/α,β-unsaturated/α-hetero) is 1. The molecular weight excluding hydrogens is 444 g/mol. The van der Waals surface area contributed by atoms with Crippen molar-refractivity contribution in [3.05, 3.63) is 96.0 Å². The molecule has 2 aromatic carbocycles. The van der Waals surface area contributed by atoms with Crippen molar-refractivity contribution in [2.75, 3.05) is 25.5 Å². The van der Waals surface area contributed by atoms with Crippen LogP contribution in [0.1, 0.15) is 28.6 Å². The third-order valence-electron chi connectivity index (χ3n) is 6.30. The smallest absolute Gasteiger partial charge is 0.290 e. The highest BCUT2D eigenvalue weighted by Crippen LogP contribution is 2.40. The Kier molecular flexibility index (Phi) is 5.86. The zero-order valence-corrected chi connectivity index (χ0v) is 19.6. The van der Waals surface area contributed by atoms with Gasteiger partial charge in [-0.05, 0) is 36.2 Å². The number of imidazole rings is 1. The molecule has 0 saturated carbocycles. The van der Waals surface area contributed by atoms with Crippen molar-refractivity contribution in [2.45, 2.75) is 19.0 Å². The van der Waals surface area contributed by atoms with Gasteiger partial charge in [0.15, 0.2) is 11.5 Å². The second kappa shape index (κ2) is 9.13. The summed E-state index contributed by atoms with van der Waals surface area (Å²) in [7, 11) is 3.89. The Morgan fingerprint density at radius 1 is 1.11 bits per heavy atom. The van der Waals surface area contributed by atoms with Crippen LogP contribution >= 0.6 is 0 Å². The van der Waals surface area contributed by atoms with E-state index < -0.39 is 23.5 Å². The molecule has 5 rings (SSSR count). The van der Waals surface area contributed by atoms with Gasteiger partial charge in [0.25, 0.3) is 5.91 Å². The first-order valence-electron chi connectivity index (χ1n) is 11.4. The summed E-state index contributed by atoms with van der Waals surface area (Å²) in [5, 5.41) is 11.7. The summed E-state index contributed by atoms with van der Waals surface area (Å²) < 4.78 is 7.71. The second-order valence-corrected chi connectivity index (χ2v) is 8.78. The Labute approximate surface area is 202 Å². The molecule has 1 amide bonds. The minimum Gasteiger partial charge on any atom is -0.503 e. The second-order valence-electron chi connectivity index (χ2n) is 8.78. The van der Waals surface area contributed by atoms with Crippen molar-refractivity contribution < 1.29 is 19.1 Å². The number of aliphatic hydroxyl groups is 1. The number of para-hydroxylation sites is 1. The minimum atomic E-state index is -0.720. The van der Waals surface area contributed by atoms with Gasteiger partial charge in [0.2, 0.25) is 5.78 Å². The van der Waals surface area contributed by atoms with Crippen LogP contribution in [0.4, 0.5) is 5.69 Å². The first-order chi connectivity index (χ1) is 16.9. The lowest BCUT2D eigenvalue weighted by molar-refractivity contribution is -0.129. The third-order valence-corrected chi connectivity index (χ3v) is 6.30. The monoisotopic (exact) mass is 470 g/mol. The number of nitrogens with zero attached hydrogens (tertiary/aromatic N) is 4. The van der Waals surface area contributed by atoms with Crippen LogP contribution in [0, 0.1) is 0 Å². The number of hydrogen-bond donors (Lipinski definition) is 1. The summed E-state index contributed by atoms with van der Waals surface area (Å²) in [6.45, 7) is 1.02. The van der Waals surface area contributed by atoms with Gasteiger partial charge in [-0.25, -0.2) is 4.98 Å². The number of aliphatic hydroxyl groups excluding tert-OH is 1. The van der Waals surface area contributed by atoms with Crippen LogP contribution in [0.2, 0.25) is 0 Å². The third kappa shape index (κ3) is 4.19. The number of ketones is 1. The number of fused-ring (bicyclic) bond motifs is 1. The van der Waals surface area contributed by atoms with E-state index in [0.717, 1.165) is 16.6 Å². The lowest BCUT2D eigenvalue weighted by Gasteiger charge is -2.27. The SMILES string of the molecule is CN(C)c1ccc([C@H]2C(C(=O)c3cc4ccccc4o3)=C(O)C(=O)N2CCCn2ccnc2)cc1. The van der Waals surface area contributed by atoms with Crippen molar-refractivity contribution in [2.24, 2.45) is 0 Å². The Morgan fingerprint density at radius 3 is 2.57 bits per heavy atom. The topological polar surface area (TPSA) is 91.8 Å². The Bertz CT molecular complexity index is 1370. The van der Waals surface area contributed by atoms with Gasteiger partial charge >= 0.3 is 0 Å². The number of hydrogen-bond acceptors (Lipinski definition) is 6. The van der Waals surface area contributed by atoms with Crippen LogP contribution in [-0.4, -0.2) is 51.9 Å². The molecule has 0 saturated heterocycles. The number of anilines is 1. The fraction of sp³-hybridized carbons (Fsp3) is 0.222. The van der Waals surface area contributed by atoms with Crippen molar-refractivity contribution in [3.63, 3.8) is 0 Å². The zero-order valence-electron chi connectivity index (χ0n) is 19.6. The quantitative estimate of drug-likeness (QED) is 0.385. The molecule has 0 unspecified atom stereocenters. The van der Waals surface area contributed by atoms with Crippen LogP contribution in [0.15, 0.2) is 89.1 Å². The predicted octanol–water partition coefficient (Wildman–Crippen LogP) is 4.36. The van der Waals surface area contributed by atoms with E-state index in [1.165, 1.54) is 0 Å². The van der Waals surface area contributed by atoms with Gasteiger partial charge in [-0.2, -0.15) is 0 Å². The van der Waals surface area contributed by atoms with Gasteiger partial charge < -0.3 is 23.9 Å². The van der Waals surface area contributed by atoms with Crippen LogP contribution in [-0.2, 0) is 11.3 Å². The molecule has 0 bridgehead atoms. The number of benzene rings is 2. The Morgan fingerprint density at radius 2 is 1.89 bits per heavy atom. The molecule has 1 atom stereocenters. The Balaban J connectivity index is 1.50. The molecule has 178 valence electrons. The molecule has 1 N–H and O–H groups in total. The average Bonchev–Trinajstić information content (AvgIpc) is 3.59. The van der Waals surface area contributed by atoms with Gasteiger partial charge in [-0.15, -0.1) is 0 Å². The summed E-state index contributed by atoms with van der Waals surface area (Å²) in [5.41, 5.74) is 2.34. The minimum absolute atomic E-state index is 0.0364. The van der Waals surface area contributed by atoms with E-state index in [4.69, 9.17) is 4.42 Å². The molecular formula is C27H26N4O4. The largest absolute Gasteiger partial charge is 0.503 e. The number of furan rings is 1. The standard InChI is InChI=1S/C27H26N4O4/c1-29(2)20-10-8-18(9-11-20)24-23(25(32)22-16-19-6-3-4-7-21(19)35-22)26(33)27(34)31(24)14-5-13-30-15-12-28-17-30/h3-4,6-12,15-17,24,33H,5,13-14H2,1-2H3/t24-/m0/s1. The molecule has 1 aliphatic rings. The van der Waals surface area contributed by atoms with Crippen molar-refractivity contribution >= 4 is 28.3 Å². The highest BCUT2D eigenvalue weighted by atomic mass is 16.3. The first kappa shape index (κ1) is 22.5. The molecule has 3 heterocycles. The number of amides is 1. The maximum atomic E-state index is 13.6. The van der Waals surface area contributed by atoms with Crippen molar-refractivity contribution in [1.29, 1.82) is 0 Å². The van der Waals surface area contributed by atoms with E-state index in [2.05, 4.69) is 4.98 Å². The molecule has 0 aliphatic carbocycles. The number of carbonyl (C=O) groups is 2. The van der Waals surface area contributed by atoms with Crippen LogP contribution in [0.5, 0.6) is 0 Å². The van der Waals surface area contributed by atoms with E-state index in [0.29, 0.717) is 25.1 Å². The van der Waals surface area contributed by atoms with Gasteiger partial charge in [0.1, 0.15) is 5.58 Å². The van der Waals surface area contributed by atoms with E-state index in [1.54, 1.807) is 29.6 Å². The van der Waals surface area contributed by atoms with E-state index in [1.807, 2.05) is 72.2 Å². The van der Waals surface area contributed by atoms with Crippen LogP contribution in [0.25, 0.3) is 11.0 Å². The van der Waals surface area contributed by atoms with E-state index >= 15 is 0 Å². The molecule has 0 fully saturated rings. The molecule has 8 heteroatoms. The van der Waals surface area contributed by atoms with Crippen molar-refractivity contribution in [1.82, 2.24) is 14.5 Å². The molecule has 2 aromatic heterocycles. The fourth-order valence-electron chi connectivity index (χ4n) is 4.49. The zero-order chi connectivity index (χ0) is 24.5. The Hall–Kier alpha value is -4.33. The van der Waals surface area contributed by atoms with Crippen LogP contribution < -0.4 is 4.90 Å². The molecule has 1 aliphatic heterocycles. The highest BCUT2D eigenvalue weighted by Gasteiger charge is 2.44. The number of aryl methyl sites for hydroxylation is 1. The molecule has 8 nitrogen and oxygen atoms in total. The maximum absolute atomic E-state index is 13.6. The van der Waals surface area contributed by atoms with E-state index in [-0.39, 0.29) is 11.3 Å². The normalized spacial score (nSPS) is 15.9. The molecule has 0 radical (unpaired) electrons. The number of aromatic nitrogens is 2. The molecule has 35 heavy (non-hydrogen) atoms. The molecule has 0 spiro atoms. The van der Waals surface area contributed by atoms with Crippen molar-refractivity contribution in [3.8, 4) is 0 Å². The van der Waals surface area contributed by atoms with Gasteiger partial charge in [-0.1, -0.05) is 30.3 Å². The lowest BCUT2D eigenvalue weighted by Crippen LogP contribution is -2.32. The summed E-state index contributed by atoms with van der Waals surface area (Å²) in [6.07, 6.45) is 5.91. The number of rotatable bonds is 8. The van der Waals surface area contributed by atoms with Crippen LogP contribution in [0.3, 0.4) is 0 Å². The van der Waals surface area contributed by atoms with Gasteiger partial charge in [0, 0.05) is 50.7 Å². The molecule has 4 aromatic rings. The lowest BCUT2D eigenvalue weighted by atomic mass is 9.94.